The van der Waals surface area contributed by atoms with Crippen LogP contribution in [0.15, 0.2) is 29.8 Å². The molecule has 0 aliphatic heterocycles. The number of nitrogens with zero attached hydrogens (tertiary/aromatic N) is 3. The van der Waals surface area contributed by atoms with E-state index in [1.807, 2.05) is 13.0 Å². The van der Waals surface area contributed by atoms with Gasteiger partial charge in [-0.15, -0.1) is 10.2 Å². The van der Waals surface area contributed by atoms with Crippen LogP contribution in [0.3, 0.4) is 0 Å². The van der Waals surface area contributed by atoms with Crippen molar-refractivity contribution >= 4 is 28.5 Å². The van der Waals surface area contributed by atoms with Gasteiger partial charge in [0, 0.05) is 6.42 Å². The van der Waals surface area contributed by atoms with Crippen LogP contribution in [0.4, 0.5) is 5.13 Å². The fourth-order valence-corrected chi connectivity index (χ4v) is 2.51. The molecular weight excluding hydrogens is 300 g/mol. The number of hydrogen-bond acceptors (Lipinski definition) is 6. The van der Waals surface area contributed by atoms with Crippen molar-refractivity contribution < 1.29 is 9.90 Å². The van der Waals surface area contributed by atoms with Crippen LogP contribution in [0.1, 0.15) is 23.9 Å². The first kappa shape index (κ1) is 15.7. The maximum Gasteiger partial charge on any atom is 0.268 e. The molecule has 22 heavy (non-hydrogen) atoms. The third-order valence-corrected chi connectivity index (χ3v) is 3.62. The molecule has 0 bridgehead atoms. The van der Waals surface area contributed by atoms with E-state index in [0.29, 0.717) is 10.7 Å². The molecule has 1 heterocycles. The van der Waals surface area contributed by atoms with E-state index in [1.54, 1.807) is 12.1 Å². The van der Waals surface area contributed by atoms with Crippen LogP contribution < -0.4 is 5.32 Å². The second-order valence-corrected chi connectivity index (χ2v) is 5.53. The van der Waals surface area contributed by atoms with Gasteiger partial charge in [-0.3, -0.25) is 10.1 Å². The summed E-state index contributed by atoms with van der Waals surface area (Å²) in [5.74, 6) is -0.410. The zero-order valence-electron chi connectivity index (χ0n) is 11.9. The second-order valence-electron chi connectivity index (χ2n) is 4.47. The van der Waals surface area contributed by atoms with Gasteiger partial charge in [0.1, 0.15) is 22.4 Å². The average Bonchev–Trinajstić information content (AvgIpc) is 2.94. The highest BCUT2D eigenvalue weighted by molar-refractivity contribution is 7.15. The number of amides is 1. The fourth-order valence-electron chi connectivity index (χ4n) is 1.67. The van der Waals surface area contributed by atoms with Crippen LogP contribution >= 0.6 is 11.3 Å². The van der Waals surface area contributed by atoms with Gasteiger partial charge >= 0.3 is 0 Å². The number of nitrogens with one attached hydrogen (secondary N) is 1. The summed E-state index contributed by atoms with van der Waals surface area (Å²) < 4.78 is 0. The van der Waals surface area contributed by atoms with E-state index in [4.69, 9.17) is 5.26 Å². The molecule has 1 amide bonds. The van der Waals surface area contributed by atoms with Crippen LogP contribution in [-0.4, -0.2) is 21.2 Å². The molecule has 0 radical (unpaired) electrons. The topological polar surface area (TPSA) is 98.9 Å². The van der Waals surface area contributed by atoms with E-state index in [2.05, 4.69) is 15.5 Å². The Morgan fingerprint density at radius 2 is 2.14 bits per heavy atom. The Balaban J connectivity index is 2.11. The van der Waals surface area contributed by atoms with E-state index in [-0.39, 0.29) is 11.3 Å². The molecule has 0 aliphatic rings. The van der Waals surface area contributed by atoms with Gasteiger partial charge in [0.2, 0.25) is 5.13 Å². The van der Waals surface area contributed by atoms with Crippen molar-refractivity contribution in [1.29, 1.82) is 5.26 Å². The van der Waals surface area contributed by atoms with E-state index in [1.165, 1.54) is 29.5 Å². The minimum Gasteiger partial charge on any atom is -0.508 e. The molecule has 1 aromatic heterocycles. The molecule has 1 aromatic carbocycles. The number of rotatable bonds is 5. The van der Waals surface area contributed by atoms with Gasteiger partial charge in [0.15, 0.2) is 0 Å². The lowest BCUT2D eigenvalue weighted by Crippen LogP contribution is -2.13. The first-order chi connectivity index (χ1) is 10.6. The predicted octanol–water partition coefficient (Wildman–Crippen LogP) is 2.74. The number of phenolic OH excluding ortho intramolecular Hbond substituents is 1. The highest BCUT2D eigenvalue weighted by Crippen LogP contribution is 2.18. The number of phenols is 1. The summed E-state index contributed by atoms with van der Waals surface area (Å²) in [4.78, 5) is 12.1. The van der Waals surface area contributed by atoms with Crippen molar-refractivity contribution in [2.75, 3.05) is 5.32 Å². The predicted molar refractivity (Wildman–Crippen MR) is 84.2 cm³/mol. The van der Waals surface area contributed by atoms with E-state index >= 15 is 0 Å². The molecule has 0 saturated carbocycles. The Labute approximate surface area is 131 Å². The molecule has 6 nitrogen and oxygen atoms in total. The number of aromatic nitrogens is 2. The summed E-state index contributed by atoms with van der Waals surface area (Å²) in [6, 6.07) is 8.06. The van der Waals surface area contributed by atoms with E-state index < -0.39 is 5.91 Å². The standard InChI is InChI=1S/C15H14N4O2S/c1-2-3-13-18-19-15(22-13)17-14(21)11(9-16)8-10-4-6-12(20)7-5-10/h4-8,20H,2-3H2,1H3,(H,17,19,21)/b11-8-. The summed E-state index contributed by atoms with van der Waals surface area (Å²) in [5.41, 5.74) is 0.603. The lowest BCUT2D eigenvalue weighted by atomic mass is 10.1. The van der Waals surface area contributed by atoms with Crippen molar-refractivity contribution in [3.63, 3.8) is 0 Å². The lowest BCUT2D eigenvalue weighted by molar-refractivity contribution is -0.112. The fraction of sp³-hybridized carbons (Fsp3) is 0.200. The minimum absolute atomic E-state index is 0.0436. The van der Waals surface area contributed by atoms with Crippen LogP contribution in [0, 0.1) is 11.3 Å². The normalized spacial score (nSPS) is 11.0. The number of nitriles is 1. The van der Waals surface area contributed by atoms with Gasteiger partial charge in [0.05, 0.1) is 0 Å². The Morgan fingerprint density at radius 1 is 1.41 bits per heavy atom. The van der Waals surface area contributed by atoms with Crippen molar-refractivity contribution in [3.05, 3.63) is 40.4 Å². The third kappa shape index (κ3) is 4.14. The van der Waals surface area contributed by atoms with Gasteiger partial charge in [-0.05, 0) is 30.2 Å². The summed E-state index contributed by atoms with van der Waals surface area (Å²) in [6.07, 6.45) is 3.21. The second kappa shape index (κ2) is 7.33. The Kier molecular flexibility index (Phi) is 5.22. The number of hydrogen-bond donors (Lipinski definition) is 2. The van der Waals surface area contributed by atoms with Crippen LogP contribution in [0.2, 0.25) is 0 Å². The molecule has 0 aliphatic carbocycles. The first-order valence-corrected chi connectivity index (χ1v) is 7.48. The summed E-state index contributed by atoms with van der Waals surface area (Å²) in [6.45, 7) is 2.04. The molecule has 2 aromatic rings. The number of aryl methyl sites for hydroxylation is 1. The van der Waals surface area contributed by atoms with Gasteiger partial charge in [0.25, 0.3) is 5.91 Å². The maximum atomic E-state index is 12.1. The maximum absolute atomic E-state index is 12.1. The minimum atomic E-state index is -0.533. The van der Waals surface area contributed by atoms with E-state index in [0.717, 1.165) is 17.8 Å². The van der Waals surface area contributed by atoms with Gasteiger partial charge in [-0.2, -0.15) is 5.26 Å². The molecule has 0 saturated heterocycles. The van der Waals surface area contributed by atoms with E-state index in [9.17, 15) is 9.90 Å². The Hall–Kier alpha value is -2.72. The molecular formula is C15H14N4O2S. The number of benzene rings is 1. The van der Waals surface area contributed by atoms with Crippen molar-refractivity contribution in [2.45, 2.75) is 19.8 Å². The van der Waals surface area contributed by atoms with Crippen LogP contribution in [0.25, 0.3) is 6.08 Å². The molecule has 2 rings (SSSR count). The molecule has 0 spiro atoms. The molecule has 7 heteroatoms. The van der Waals surface area contributed by atoms with Crippen LogP contribution in [-0.2, 0) is 11.2 Å². The number of carbonyl (C=O) groups is 1. The van der Waals surface area contributed by atoms with Crippen molar-refractivity contribution in [1.82, 2.24) is 10.2 Å². The molecule has 0 fully saturated rings. The van der Waals surface area contributed by atoms with Crippen LogP contribution in [0.5, 0.6) is 5.75 Å². The zero-order chi connectivity index (χ0) is 15.9. The zero-order valence-corrected chi connectivity index (χ0v) is 12.7. The summed E-state index contributed by atoms with van der Waals surface area (Å²) in [7, 11) is 0. The molecule has 112 valence electrons. The number of aromatic hydroxyl groups is 1. The largest absolute Gasteiger partial charge is 0.508 e. The van der Waals surface area contributed by atoms with Crippen molar-refractivity contribution in [3.8, 4) is 11.8 Å². The van der Waals surface area contributed by atoms with Crippen molar-refractivity contribution in [2.24, 2.45) is 0 Å². The highest BCUT2D eigenvalue weighted by atomic mass is 32.1. The average molecular weight is 314 g/mol. The molecule has 2 N–H and O–H groups in total. The Bertz CT molecular complexity index is 729. The molecule has 0 unspecified atom stereocenters. The summed E-state index contributed by atoms with van der Waals surface area (Å²) >= 11 is 1.30. The van der Waals surface area contributed by atoms with Gasteiger partial charge in [-0.1, -0.05) is 30.4 Å². The number of anilines is 1. The lowest BCUT2D eigenvalue weighted by Gasteiger charge is -2.00. The Morgan fingerprint density at radius 3 is 2.77 bits per heavy atom. The molecule has 0 atom stereocenters. The van der Waals surface area contributed by atoms with Gasteiger partial charge < -0.3 is 5.11 Å². The van der Waals surface area contributed by atoms with Gasteiger partial charge in [-0.25, -0.2) is 0 Å². The monoisotopic (exact) mass is 314 g/mol. The SMILES string of the molecule is CCCc1nnc(NC(=O)/C(C#N)=C\c2ccc(O)cc2)s1. The summed E-state index contributed by atoms with van der Waals surface area (Å²) in [5, 5.41) is 30.0. The highest BCUT2D eigenvalue weighted by Gasteiger charge is 2.12. The first-order valence-electron chi connectivity index (χ1n) is 6.67. The third-order valence-electron chi connectivity index (χ3n) is 2.72. The smallest absolute Gasteiger partial charge is 0.268 e. The number of carbonyl (C=O) groups excluding carboxylic acids is 1. The quantitative estimate of drug-likeness (QED) is 0.653.